The molecule has 0 aliphatic carbocycles. The minimum Gasteiger partial charge on any atom is -0.461 e. The van der Waals surface area contributed by atoms with E-state index in [1.165, 1.54) is 25.0 Å². The van der Waals surface area contributed by atoms with Crippen LogP contribution in [0.4, 0.5) is 26.2 Å². The van der Waals surface area contributed by atoms with Gasteiger partial charge in [-0.05, 0) is 91.9 Å². The minimum atomic E-state index is -1.40. The number of aliphatic imine (C=N–C) groups is 3. The lowest BCUT2D eigenvalue weighted by Crippen LogP contribution is -2.31. The fraction of sp³-hybridized carbons (Fsp3) is 0.281. The van der Waals surface area contributed by atoms with Crippen LogP contribution in [0.25, 0.3) is 0 Å². The van der Waals surface area contributed by atoms with E-state index in [4.69, 9.17) is 10.5 Å². The number of carbonyl (C=O) groups is 2. The highest BCUT2D eigenvalue weighted by atomic mass is 32.2. The summed E-state index contributed by atoms with van der Waals surface area (Å²) < 4.78 is 17.9. The number of amides is 3. The number of hydrogen-bond acceptors (Lipinski definition) is 5. The number of hydrogen-bond donors (Lipinski definition) is 2. The highest BCUT2D eigenvalue weighted by molar-refractivity contribution is 8.15. The average molecular weight is 603 g/mol. The van der Waals surface area contributed by atoms with E-state index < -0.39 is 12.4 Å². The van der Waals surface area contributed by atoms with Crippen molar-refractivity contribution in [1.29, 1.82) is 0 Å². The lowest BCUT2D eigenvalue weighted by molar-refractivity contribution is -0.115. The van der Waals surface area contributed by atoms with Crippen LogP contribution in [0.15, 0.2) is 75.6 Å². The maximum absolute atomic E-state index is 13.0. The summed E-state index contributed by atoms with van der Waals surface area (Å²) >= 11 is 1.25. The Morgan fingerprint density at radius 3 is 2.63 bits per heavy atom. The summed E-state index contributed by atoms with van der Waals surface area (Å²) in [6.45, 7) is 7.25. The number of ether oxygens (including phenoxy) is 1. The zero-order valence-electron chi connectivity index (χ0n) is 24.6. The van der Waals surface area contributed by atoms with Gasteiger partial charge in [0.25, 0.3) is 0 Å². The molecule has 1 unspecified atom stereocenters. The molecular weight excluding hydrogens is 567 g/mol. The SMILES string of the molecule is CCCCc1ccc(C)cc1N1C(=O)CS/C1=N\C(=O)Nc1ccc(C(N)=NC=Nc2ccc(OC(C)F)cc2)cc1C. The summed E-state index contributed by atoms with van der Waals surface area (Å²) in [6.07, 6.45) is 2.81. The van der Waals surface area contributed by atoms with E-state index in [0.29, 0.717) is 27.9 Å². The Kier molecular flexibility index (Phi) is 10.7. The van der Waals surface area contributed by atoms with Gasteiger partial charge < -0.3 is 15.8 Å². The molecule has 1 aliphatic rings. The van der Waals surface area contributed by atoms with E-state index in [9.17, 15) is 14.0 Å². The third-order valence-electron chi connectivity index (χ3n) is 6.55. The van der Waals surface area contributed by atoms with E-state index in [-0.39, 0.29) is 17.5 Å². The summed E-state index contributed by atoms with van der Waals surface area (Å²) in [5, 5.41) is 3.17. The molecule has 1 heterocycles. The summed E-state index contributed by atoms with van der Waals surface area (Å²) in [4.78, 5) is 40.1. The van der Waals surface area contributed by atoms with Gasteiger partial charge in [-0.15, -0.1) is 0 Å². The maximum atomic E-state index is 13.0. The molecule has 1 aliphatic heterocycles. The highest BCUT2D eigenvalue weighted by Gasteiger charge is 2.32. The van der Waals surface area contributed by atoms with Gasteiger partial charge in [0.1, 0.15) is 17.9 Å². The summed E-state index contributed by atoms with van der Waals surface area (Å²) in [6, 6.07) is 17.3. The molecule has 1 fully saturated rings. The molecule has 0 aromatic heterocycles. The fourth-order valence-corrected chi connectivity index (χ4v) is 5.22. The number of urea groups is 1. The first-order chi connectivity index (χ1) is 20.6. The van der Waals surface area contributed by atoms with Gasteiger partial charge in [-0.3, -0.25) is 9.69 Å². The quantitative estimate of drug-likeness (QED) is 0.190. The Labute approximate surface area is 255 Å². The molecule has 0 spiro atoms. The van der Waals surface area contributed by atoms with Crippen LogP contribution in [0.3, 0.4) is 0 Å². The van der Waals surface area contributed by atoms with Crippen molar-refractivity contribution in [2.24, 2.45) is 20.7 Å². The van der Waals surface area contributed by atoms with E-state index in [0.717, 1.165) is 41.6 Å². The second kappa shape index (κ2) is 14.6. The van der Waals surface area contributed by atoms with Gasteiger partial charge in [-0.1, -0.05) is 37.2 Å². The number of thioether (sulfide) groups is 1. The number of aryl methyl sites for hydroxylation is 3. The van der Waals surface area contributed by atoms with Gasteiger partial charge in [0.15, 0.2) is 5.17 Å². The fourth-order valence-electron chi connectivity index (χ4n) is 4.37. The van der Waals surface area contributed by atoms with Gasteiger partial charge in [0, 0.05) is 18.2 Å². The van der Waals surface area contributed by atoms with Crippen LogP contribution < -0.4 is 20.7 Å². The van der Waals surface area contributed by atoms with E-state index in [2.05, 4.69) is 27.2 Å². The van der Waals surface area contributed by atoms with Crippen molar-refractivity contribution in [1.82, 2.24) is 0 Å². The van der Waals surface area contributed by atoms with Crippen molar-refractivity contribution in [3.8, 4) is 5.75 Å². The Bertz CT molecular complexity index is 1570. The maximum Gasteiger partial charge on any atom is 0.347 e. The molecule has 224 valence electrons. The molecule has 0 radical (unpaired) electrons. The monoisotopic (exact) mass is 602 g/mol. The number of halogens is 1. The number of unbranched alkanes of at least 4 members (excludes halogenated alkanes) is 1. The molecule has 0 saturated carbocycles. The van der Waals surface area contributed by atoms with Crippen molar-refractivity contribution in [2.45, 2.75) is 53.3 Å². The highest BCUT2D eigenvalue weighted by Crippen LogP contribution is 2.32. The molecule has 43 heavy (non-hydrogen) atoms. The number of rotatable bonds is 10. The van der Waals surface area contributed by atoms with Crippen molar-refractivity contribution in [3.63, 3.8) is 0 Å². The van der Waals surface area contributed by atoms with E-state index in [1.807, 2.05) is 32.0 Å². The zero-order valence-corrected chi connectivity index (χ0v) is 25.5. The second-order valence-corrected chi connectivity index (χ2v) is 11.0. The van der Waals surface area contributed by atoms with Gasteiger partial charge >= 0.3 is 6.03 Å². The van der Waals surface area contributed by atoms with E-state index >= 15 is 0 Å². The number of anilines is 2. The number of nitrogens with two attached hydrogens (primary N) is 1. The van der Waals surface area contributed by atoms with Crippen molar-refractivity contribution < 1.29 is 18.7 Å². The lowest BCUT2D eigenvalue weighted by Gasteiger charge is -2.20. The summed E-state index contributed by atoms with van der Waals surface area (Å²) in [5.74, 6) is 0.767. The average Bonchev–Trinajstić information content (AvgIpc) is 3.33. The molecule has 3 N–H and O–H groups in total. The predicted octanol–water partition coefficient (Wildman–Crippen LogP) is 7.07. The smallest absolute Gasteiger partial charge is 0.347 e. The molecule has 9 nitrogen and oxygen atoms in total. The number of benzene rings is 3. The predicted molar refractivity (Wildman–Crippen MR) is 174 cm³/mol. The second-order valence-electron chi connectivity index (χ2n) is 10.0. The number of amidine groups is 2. The third-order valence-corrected chi connectivity index (χ3v) is 7.47. The molecule has 11 heteroatoms. The third kappa shape index (κ3) is 8.51. The Morgan fingerprint density at radius 1 is 1.16 bits per heavy atom. The topological polar surface area (TPSA) is 122 Å². The number of alkyl halides is 1. The first-order valence-electron chi connectivity index (χ1n) is 14.0. The molecule has 3 aromatic rings. The van der Waals surface area contributed by atoms with Gasteiger partial charge in [0.05, 0.1) is 17.1 Å². The Morgan fingerprint density at radius 2 is 1.93 bits per heavy atom. The van der Waals surface area contributed by atoms with Crippen LogP contribution in [0, 0.1) is 13.8 Å². The molecule has 1 saturated heterocycles. The molecule has 3 aromatic carbocycles. The molecule has 4 rings (SSSR count). The molecule has 0 bridgehead atoms. The van der Waals surface area contributed by atoms with E-state index in [1.54, 1.807) is 47.4 Å². The standard InChI is InChI=1S/C32H35FN6O3S/c1-5-6-7-23-9-8-20(2)16-28(23)39-29(40)18-43-32(39)38-31(41)37-27-15-10-24(17-21(27)3)30(34)36-19-35-25-11-13-26(14-12-25)42-22(4)33/h8-17,19,22H,5-7,18H2,1-4H3,(H,37,41)(H2,34,35,36)/b38-32-. The largest absolute Gasteiger partial charge is 0.461 e. The molecular formula is C32H35FN6O3S. The van der Waals surface area contributed by atoms with Crippen molar-refractivity contribution in [2.75, 3.05) is 16.0 Å². The Hall–Kier alpha value is -4.51. The number of carbonyl (C=O) groups excluding carboxylic acids is 2. The minimum absolute atomic E-state index is 0.101. The van der Waals surface area contributed by atoms with Crippen LogP contribution in [-0.4, -0.2) is 41.4 Å². The molecule has 3 amide bonds. The number of nitrogens with one attached hydrogen (secondary N) is 1. The van der Waals surface area contributed by atoms with Gasteiger partial charge in [-0.25, -0.2) is 19.2 Å². The zero-order chi connectivity index (χ0) is 30.9. The normalized spacial score (nSPS) is 15.4. The van der Waals surface area contributed by atoms with Crippen LogP contribution in [0.5, 0.6) is 5.75 Å². The van der Waals surface area contributed by atoms with Crippen molar-refractivity contribution in [3.05, 3.63) is 82.9 Å². The van der Waals surface area contributed by atoms with Gasteiger partial charge in [-0.2, -0.15) is 4.99 Å². The lowest BCUT2D eigenvalue weighted by atomic mass is 10.0. The van der Waals surface area contributed by atoms with Crippen LogP contribution in [-0.2, 0) is 11.2 Å². The van der Waals surface area contributed by atoms with Crippen molar-refractivity contribution >= 4 is 58.1 Å². The molecule has 1 atom stereocenters. The summed E-state index contributed by atoms with van der Waals surface area (Å²) in [7, 11) is 0. The first kappa shape index (κ1) is 31.4. The van der Waals surface area contributed by atoms with Crippen LogP contribution in [0.2, 0.25) is 0 Å². The van der Waals surface area contributed by atoms with Gasteiger partial charge in [0.2, 0.25) is 12.3 Å². The van der Waals surface area contributed by atoms with Crippen LogP contribution in [0.1, 0.15) is 48.9 Å². The number of nitrogens with zero attached hydrogens (tertiary/aromatic N) is 4. The Balaban J connectivity index is 1.44. The van der Waals surface area contributed by atoms with Crippen LogP contribution >= 0.6 is 11.8 Å². The first-order valence-corrected chi connectivity index (χ1v) is 15.0. The summed E-state index contributed by atoms with van der Waals surface area (Å²) in [5.41, 5.74) is 11.6.